The van der Waals surface area contributed by atoms with E-state index in [0.717, 1.165) is 5.56 Å². The molecule has 0 amide bonds. The van der Waals surface area contributed by atoms with Gasteiger partial charge in [-0.25, -0.2) is 21.6 Å². The summed E-state index contributed by atoms with van der Waals surface area (Å²) < 4.78 is 52.3. The molecule has 21 heavy (non-hydrogen) atoms. The maximum absolute atomic E-state index is 11.5. The minimum Gasteiger partial charge on any atom is -0.384 e. The molecule has 0 heterocycles. The number of hydrogen-bond donors (Lipinski definition) is 1. The van der Waals surface area contributed by atoms with E-state index in [2.05, 4.69) is 4.72 Å². The van der Waals surface area contributed by atoms with Gasteiger partial charge in [0.05, 0.1) is 17.3 Å². The lowest BCUT2D eigenvalue weighted by Crippen LogP contribution is -2.29. The SMILES string of the molecule is COCCS(=O)(=O)NCCCc1ccc(S(=O)(=O)Cl)cc1. The summed E-state index contributed by atoms with van der Waals surface area (Å²) in [5.74, 6) is -0.0637. The minimum absolute atomic E-state index is 0.0492. The molecule has 6 nitrogen and oxygen atoms in total. The Morgan fingerprint density at radius 3 is 2.29 bits per heavy atom. The van der Waals surface area contributed by atoms with Gasteiger partial charge in [-0.15, -0.1) is 0 Å². The molecule has 0 saturated carbocycles. The molecule has 1 rings (SSSR count). The highest BCUT2D eigenvalue weighted by Gasteiger charge is 2.10. The van der Waals surface area contributed by atoms with Crippen molar-refractivity contribution >= 4 is 29.8 Å². The van der Waals surface area contributed by atoms with E-state index in [1.165, 1.54) is 19.2 Å². The van der Waals surface area contributed by atoms with Crippen molar-refractivity contribution in [2.75, 3.05) is 26.0 Å². The van der Waals surface area contributed by atoms with Crippen LogP contribution >= 0.6 is 10.7 Å². The van der Waals surface area contributed by atoms with Crippen molar-refractivity contribution in [1.29, 1.82) is 0 Å². The Bertz CT molecular complexity index is 641. The summed E-state index contributed by atoms with van der Waals surface area (Å²) in [6, 6.07) is 6.18. The highest BCUT2D eigenvalue weighted by atomic mass is 35.7. The van der Waals surface area contributed by atoms with Crippen LogP contribution in [0, 0.1) is 0 Å². The predicted octanol–water partition coefficient (Wildman–Crippen LogP) is 1.11. The summed E-state index contributed by atoms with van der Waals surface area (Å²) in [5, 5.41) is 0. The normalized spacial score (nSPS) is 12.5. The van der Waals surface area contributed by atoms with Gasteiger partial charge in [0.25, 0.3) is 9.05 Å². The quantitative estimate of drug-likeness (QED) is 0.529. The van der Waals surface area contributed by atoms with Crippen LogP contribution in [0.25, 0.3) is 0 Å². The second-order valence-corrected chi connectivity index (χ2v) is 8.88. The van der Waals surface area contributed by atoms with Gasteiger partial charge in [0.15, 0.2) is 0 Å². The largest absolute Gasteiger partial charge is 0.384 e. The Morgan fingerprint density at radius 1 is 1.14 bits per heavy atom. The van der Waals surface area contributed by atoms with Crippen LogP contribution in [0.1, 0.15) is 12.0 Å². The molecule has 0 saturated heterocycles. The van der Waals surface area contributed by atoms with Crippen LogP contribution in [0.2, 0.25) is 0 Å². The van der Waals surface area contributed by atoms with E-state index in [1.807, 2.05) is 0 Å². The van der Waals surface area contributed by atoms with Crippen molar-refractivity contribution < 1.29 is 21.6 Å². The van der Waals surface area contributed by atoms with Gasteiger partial charge in [0, 0.05) is 24.3 Å². The molecule has 120 valence electrons. The molecule has 0 radical (unpaired) electrons. The maximum Gasteiger partial charge on any atom is 0.261 e. The zero-order valence-corrected chi connectivity index (χ0v) is 14.0. The van der Waals surface area contributed by atoms with Gasteiger partial charge in [0.2, 0.25) is 10.0 Å². The monoisotopic (exact) mass is 355 g/mol. The van der Waals surface area contributed by atoms with E-state index in [-0.39, 0.29) is 17.3 Å². The summed E-state index contributed by atoms with van der Waals surface area (Å²) in [5.41, 5.74) is 0.912. The number of hydrogen-bond acceptors (Lipinski definition) is 5. The molecule has 0 unspecified atom stereocenters. The first-order chi connectivity index (χ1) is 9.74. The molecule has 0 spiro atoms. The number of sulfonamides is 1. The molecular weight excluding hydrogens is 338 g/mol. The molecule has 0 fully saturated rings. The zero-order chi connectivity index (χ0) is 15.9. The Hall–Kier alpha value is -0.670. The standard InChI is InChI=1S/C12H18ClNO5S2/c1-19-9-10-20(15,16)14-8-2-3-11-4-6-12(7-5-11)21(13,17)18/h4-7,14H,2-3,8-10H2,1H3. The van der Waals surface area contributed by atoms with E-state index in [0.29, 0.717) is 19.4 Å². The molecule has 1 N–H and O–H groups in total. The lowest BCUT2D eigenvalue weighted by atomic mass is 10.1. The number of halogens is 1. The minimum atomic E-state index is -3.70. The van der Waals surface area contributed by atoms with Crippen LogP contribution in [0.5, 0.6) is 0 Å². The summed E-state index contributed by atoms with van der Waals surface area (Å²) in [4.78, 5) is 0.0492. The highest BCUT2D eigenvalue weighted by molar-refractivity contribution is 8.13. The fraction of sp³-hybridized carbons (Fsp3) is 0.500. The molecule has 0 aromatic heterocycles. The van der Waals surface area contributed by atoms with Crippen molar-refractivity contribution in [2.45, 2.75) is 17.7 Å². The molecule has 0 aliphatic heterocycles. The number of aryl methyl sites for hydroxylation is 1. The summed E-state index contributed by atoms with van der Waals surface area (Å²) in [7, 11) is -0.341. The molecule has 0 atom stereocenters. The number of nitrogens with one attached hydrogen (secondary N) is 1. The summed E-state index contributed by atoms with van der Waals surface area (Å²) in [6.07, 6.45) is 1.24. The fourth-order valence-electron chi connectivity index (χ4n) is 1.60. The average molecular weight is 356 g/mol. The Morgan fingerprint density at radius 2 is 1.76 bits per heavy atom. The van der Waals surface area contributed by atoms with Crippen molar-refractivity contribution in [3.63, 3.8) is 0 Å². The zero-order valence-electron chi connectivity index (χ0n) is 11.6. The van der Waals surface area contributed by atoms with Crippen LogP contribution in [-0.4, -0.2) is 42.8 Å². The fourth-order valence-corrected chi connectivity index (χ4v) is 3.36. The van der Waals surface area contributed by atoms with Gasteiger partial charge in [-0.05, 0) is 30.5 Å². The van der Waals surface area contributed by atoms with E-state index >= 15 is 0 Å². The van der Waals surface area contributed by atoms with Crippen molar-refractivity contribution in [1.82, 2.24) is 4.72 Å². The topological polar surface area (TPSA) is 89.5 Å². The average Bonchev–Trinajstić information content (AvgIpc) is 2.41. The first-order valence-electron chi connectivity index (χ1n) is 6.24. The second kappa shape index (κ2) is 8.09. The third kappa shape index (κ3) is 7.23. The highest BCUT2D eigenvalue weighted by Crippen LogP contribution is 2.15. The number of ether oxygens (including phenoxy) is 1. The van der Waals surface area contributed by atoms with Crippen molar-refractivity contribution in [2.24, 2.45) is 0 Å². The van der Waals surface area contributed by atoms with Gasteiger partial charge in [-0.2, -0.15) is 0 Å². The maximum atomic E-state index is 11.5. The molecule has 9 heteroatoms. The predicted molar refractivity (Wildman–Crippen MR) is 81.5 cm³/mol. The van der Waals surface area contributed by atoms with Gasteiger partial charge < -0.3 is 4.74 Å². The number of rotatable bonds is 9. The number of methoxy groups -OCH3 is 1. The summed E-state index contributed by atoms with van der Waals surface area (Å²) >= 11 is 0. The van der Waals surface area contributed by atoms with Crippen LogP contribution in [-0.2, 0) is 30.2 Å². The van der Waals surface area contributed by atoms with Crippen LogP contribution < -0.4 is 4.72 Å². The Labute approximate surface area is 129 Å². The van der Waals surface area contributed by atoms with Gasteiger partial charge in [0.1, 0.15) is 0 Å². The van der Waals surface area contributed by atoms with Gasteiger partial charge >= 0.3 is 0 Å². The molecule has 1 aromatic carbocycles. The third-order valence-electron chi connectivity index (χ3n) is 2.73. The van der Waals surface area contributed by atoms with Crippen LogP contribution in [0.3, 0.4) is 0 Å². The first kappa shape index (κ1) is 18.4. The van der Waals surface area contributed by atoms with E-state index in [9.17, 15) is 16.8 Å². The third-order valence-corrected chi connectivity index (χ3v) is 5.44. The first-order valence-corrected chi connectivity index (χ1v) is 10.2. The van der Waals surface area contributed by atoms with E-state index in [1.54, 1.807) is 12.1 Å². The van der Waals surface area contributed by atoms with Crippen molar-refractivity contribution in [3.05, 3.63) is 29.8 Å². The number of benzene rings is 1. The lowest BCUT2D eigenvalue weighted by molar-refractivity contribution is 0.217. The van der Waals surface area contributed by atoms with Crippen LogP contribution in [0.15, 0.2) is 29.2 Å². The van der Waals surface area contributed by atoms with Gasteiger partial charge in [-0.1, -0.05) is 12.1 Å². The Kier molecular flexibility index (Phi) is 7.08. The van der Waals surface area contributed by atoms with E-state index in [4.69, 9.17) is 15.4 Å². The molecule has 0 bridgehead atoms. The van der Waals surface area contributed by atoms with Crippen molar-refractivity contribution in [3.8, 4) is 0 Å². The van der Waals surface area contributed by atoms with Gasteiger partial charge in [-0.3, -0.25) is 0 Å². The van der Waals surface area contributed by atoms with E-state index < -0.39 is 19.1 Å². The summed E-state index contributed by atoms with van der Waals surface area (Å²) in [6.45, 7) is 0.477. The molecular formula is C12H18ClNO5S2. The second-order valence-electron chi connectivity index (χ2n) is 4.39. The molecule has 0 aliphatic rings. The van der Waals surface area contributed by atoms with Crippen LogP contribution in [0.4, 0.5) is 0 Å². The molecule has 1 aromatic rings. The molecule has 0 aliphatic carbocycles. The smallest absolute Gasteiger partial charge is 0.261 e. The Balaban J connectivity index is 2.40. The lowest BCUT2D eigenvalue weighted by Gasteiger charge is -2.06.